The van der Waals surface area contributed by atoms with E-state index in [0.29, 0.717) is 11.4 Å². The van der Waals surface area contributed by atoms with E-state index in [4.69, 9.17) is 0 Å². The minimum atomic E-state index is -0.289. The Labute approximate surface area is 94.1 Å². The van der Waals surface area contributed by atoms with Gasteiger partial charge in [0.15, 0.2) is 5.82 Å². The third-order valence-electron chi connectivity index (χ3n) is 1.79. The van der Waals surface area contributed by atoms with Crippen LogP contribution in [0.2, 0.25) is 0 Å². The Bertz CT molecular complexity index is 447. The fourth-order valence-corrected chi connectivity index (χ4v) is 1.87. The molecule has 5 heteroatoms. The summed E-state index contributed by atoms with van der Waals surface area (Å²) >= 11 is 2.07. The van der Waals surface area contributed by atoms with Crippen LogP contribution in [0.5, 0.6) is 0 Å². The zero-order valence-corrected chi connectivity index (χ0v) is 9.56. The number of rotatable bonds is 1. The van der Waals surface area contributed by atoms with Gasteiger partial charge in [-0.25, -0.2) is 9.37 Å². The lowest BCUT2D eigenvalue weighted by Crippen LogP contribution is -1.92. The molecule has 0 saturated carbocycles. The maximum absolute atomic E-state index is 13.5. The predicted octanol–water partition coefficient (Wildman–Crippen LogP) is 2.23. The van der Waals surface area contributed by atoms with E-state index < -0.39 is 0 Å². The van der Waals surface area contributed by atoms with E-state index in [0.717, 1.165) is 3.57 Å². The smallest absolute Gasteiger partial charge is 0.185 e. The molecule has 0 unspecified atom stereocenters. The Morgan fingerprint density at radius 2 is 2.21 bits per heavy atom. The number of aromatic nitrogens is 3. The molecule has 1 aromatic heterocycles. The molecule has 72 valence electrons. The zero-order chi connectivity index (χ0) is 10.1. The van der Waals surface area contributed by atoms with Gasteiger partial charge in [-0.3, -0.25) is 4.68 Å². The Morgan fingerprint density at radius 1 is 1.43 bits per heavy atom. The molecular formula is C9H7FIN3. The molecule has 0 saturated heterocycles. The molecule has 3 nitrogen and oxygen atoms in total. The molecule has 1 heterocycles. The fourth-order valence-electron chi connectivity index (χ4n) is 1.17. The van der Waals surface area contributed by atoms with Crippen LogP contribution in [-0.2, 0) is 7.05 Å². The fraction of sp³-hybridized carbons (Fsp3) is 0.111. The van der Waals surface area contributed by atoms with Crippen LogP contribution in [0.4, 0.5) is 4.39 Å². The topological polar surface area (TPSA) is 30.7 Å². The predicted molar refractivity (Wildman–Crippen MR) is 59.1 cm³/mol. The minimum absolute atomic E-state index is 0.289. The molecule has 0 aliphatic heterocycles. The van der Waals surface area contributed by atoms with Crippen LogP contribution < -0.4 is 0 Å². The second-order valence-electron chi connectivity index (χ2n) is 2.84. The van der Waals surface area contributed by atoms with E-state index in [1.54, 1.807) is 24.1 Å². The molecule has 0 aliphatic rings. The van der Waals surface area contributed by atoms with Crippen molar-refractivity contribution >= 4 is 22.6 Å². The Kier molecular flexibility index (Phi) is 2.49. The van der Waals surface area contributed by atoms with Crippen molar-refractivity contribution in [1.82, 2.24) is 14.8 Å². The summed E-state index contributed by atoms with van der Waals surface area (Å²) in [4.78, 5) is 4.01. The van der Waals surface area contributed by atoms with Gasteiger partial charge in [-0.15, -0.1) is 0 Å². The molecule has 0 radical (unpaired) electrons. The van der Waals surface area contributed by atoms with Crippen LogP contribution in [0, 0.1) is 9.39 Å². The van der Waals surface area contributed by atoms with Crippen molar-refractivity contribution in [2.24, 2.45) is 7.05 Å². The Balaban J connectivity index is 2.61. The van der Waals surface area contributed by atoms with Gasteiger partial charge in [0, 0.05) is 10.6 Å². The summed E-state index contributed by atoms with van der Waals surface area (Å²) in [5.74, 6) is 0.137. The molecule has 1 aromatic carbocycles. The highest BCUT2D eigenvalue weighted by molar-refractivity contribution is 14.1. The van der Waals surface area contributed by atoms with Gasteiger partial charge in [-0.1, -0.05) is 6.07 Å². The van der Waals surface area contributed by atoms with Crippen LogP contribution in [-0.4, -0.2) is 14.8 Å². The quantitative estimate of drug-likeness (QED) is 0.756. The largest absolute Gasteiger partial charge is 0.255 e. The number of hydrogen-bond donors (Lipinski definition) is 0. The van der Waals surface area contributed by atoms with Crippen molar-refractivity contribution in [3.8, 4) is 11.4 Å². The van der Waals surface area contributed by atoms with Crippen molar-refractivity contribution in [2.75, 3.05) is 0 Å². The van der Waals surface area contributed by atoms with Crippen LogP contribution >= 0.6 is 22.6 Å². The highest BCUT2D eigenvalue weighted by Crippen LogP contribution is 2.24. The summed E-state index contributed by atoms with van der Waals surface area (Å²) in [5, 5.41) is 4.06. The van der Waals surface area contributed by atoms with Gasteiger partial charge >= 0.3 is 0 Å². The highest BCUT2D eigenvalue weighted by Gasteiger charge is 2.12. The third kappa shape index (κ3) is 1.63. The van der Waals surface area contributed by atoms with Crippen molar-refractivity contribution in [1.29, 1.82) is 0 Å². The monoisotopic (exact) mass is 303 g/mol. The van der Waals surface area contributed by atoms with Crippen molar-refractivity contribution in [2.45, 2.75) is 0 Å². The summed E-state index contributed by atoms with van der Waals surface area (Å²) in [6.45, 7) is 0. The second-order valence-corrected chi connectivity index (χ2v) is 4.00. The number of aryl methyl sites for hydroxylation is 1. The number of halogens is 2. The minimum Gasteiger partial charge on any atom is -0.255 e. The molecule has 0 atom stereocenters. The lowest BCUT2D eigenvalue weighted by Gasteiger charge is -2.00. The van der Waals surface area contributed by atoms with Crippen LogP contribution in [0.1, 0.15) is 0 Å². The summed E-state index contributed by atoms with van der Waals surface area (Å²) in [6.07, 6.45) is 1.55. The molecule has 2 rings (SSSR count). The van der Waals surface area contributed by atoms with Gasteiger partial charge in [0.2, 0.25) is 0 Å². The van der Waals surface area contributed by atoms with Gasteiger partial charge in [0.25, 0.3) is 0 Å². The summed E-state index contributed by atoms with van der Waals surface area (Å²) < 4.78 is 15.8. The maximum Gasteiger partial charge on any atom is 0.185 e. The van der Waals surface area contributed by atoms with E-state index in [1.165, 1.54) is 6.07 Å². The summed E-state index contributed by atoms with van der Waals surface area (Å²) in [5.41, 5.74) is 0.466. The van der Waals surface area contributed by atoms with Gasteiger partial charge in [0.1, 0.15) is 12.1 Å². The first kappa shape index (κ1) is 9.57. The summed E-state index contributed by atoms with van der Waals surface area (Å²) in [6, 6.07) is 4.91. The molecule has 0 fully saturated rings. The molecule has 0 aliphatic carbocycles. The van der Waals surface area contributed by atoms with Crippen molar-refractivity contribution in [3.63, 3.8) is 0 Å². The van der Waals surface area contributed by atoms with E-state index >= 15 is 0 Å². The van der Waals surface area contributed by atoms with E-state index in [-0.39, 0.29) is 5.82 Å². The van der Waals surface area contributed by atoms with Crippen molar-refractivity contribution in [3.05, 3.63) is 33.9 Å². The number of benzene rings is 1. The van der Waals surface area contributed by atoms with E-state index in [2.05, 4.69) is 32.7 Å². The van der Waals surface area contributed by atoms with Crippen LogP contribution in [0.15, 0.2) is 24.5 Å². The van der Waals surface area contributed by atoms with Crippen LogP contribution in [0.3, 0.4) is 0 Å². The van der Waals surface area contributed by atoms with Crippen molar-refractivity contribution < 1.29 is 4.39 Å². The highest BCUT2D eigenvalue weighted by atomic mass is 127. The lowest BCUT2D eigenvalue weighted by atomic mass is 10.2. The van der Waals surface area contributed by atoms with E-state index in [1.807, 2.05) is 6.07 Å². The van der Waals surface area contributed by atoms with Gasteiger partial charge in [0.05, 0.1) is 5.56 Å². The zero-order valence-electron chi connectivity index (χ0n) is 7.41. The normalized spacial score (nSPS) is 10.5. The average molecular weight is 303 g/mol. The van der Waals surface area contributed by atoms with Gasteiger partial charge in [-0.05, 0) is 34.7 Å². The molecule has 0 spiro atoms. The molecule has 14 heavy (non-hydrogen) atoms. The third-order valence-corrected chi connectivity index (χ3v) is 2.68. The average Bonchev–Trinajstić information content (AvgIpc) is 2.51. The Morgan fingerprint density at radius 3 is 2.79 bits per heavy atom. The standard InChI is InChI=1S/C9H7FIN3/c1-14-5-12-9(13-14)8-6(10)3-2-4-7(8)11/h2-5H,1H3. The number of nitrogens with zero attached hydrogens (tertiary/aromatic N) is 3. The molecule has 0 N–H and O–H groups in total. The van der Waals surface area contributed by atoms with Gasteiger partial charge in [-0.2, -0.15) is 5.10 Å². The molecule has 0 amide bonds. The van der Waals surface area contributed by atoms with Gasteiger partial charge < -0.3 is 0 Å². The lowest BCUT2D eigenvalue weighted by molar-refractivity contribution is 0.628. The maximum atomic E-state index is 13.5. The molecule has 2 aromatic rings. The number of hydrogen-bond acceptors (Lipinski definition) is 2. The molecule has 0 bridgehead atoms. The van der Waals surface area contributed by atoms with E-state index in [9.17, 15) is 4.39 Å². The summed E-state index contributed by atoms with van der Waals surface area (Å²) in [7, 11) is 1.75. The second kappa shape index (κ2) is 3.64. The first-order valence-corrected chi connectivity index (χ1v) is 5.06. The van der Waals surface area contributed by atoms with Crippen LogP contribution in [0.25, 0.3) is 11.4 Å². The SMILES string of the molecule is Cn1cnc(-c2c(F)cccc2I)n1. The first-order valence-electron chi connectivity index (χ1n) is 3.98. The Hall–Kier alpha value is -0.980. The molecular weight excluding hydrogens is 296 g/mol. The first-order chi connectivity index (χ1) is 6.68.